The molecule has 5 nitrogen and oxygen atoms in total. The molecule has 0 bridgehead atoms. The number of aromatic nitrogens is 3. The van der Waals surface area contributed by atoms with E-state index in [-0.39, 0.29) is 5.97 Å². The summed E-state index contributed by atoms with van der Waals surface area (Å²) in [6.45, 7) is 3.59. The molecule has 5 heteroatoms. The van der Waals surface area contributed by atoms with E-state index >= 15 is 0 Å². The van der Waals surface area contributed by atoms with E-state index in [1.807, 2.05) is 19.1 Å². The van der Waals surface area contributed by atoms with Gasteiger partial charge in [0.15, 0.2) is 12.4 Å². The zero-order valence-electron chi connectivity index (χ0n) is 19.8. The number of nitrogens with zero attached hydrogens (tertiary/aromatic N) is 3. The van der Waals surface area contributed by atoms with Crippen molar-refractivity contribution in [2.45, 2.75) is 71.3 Å². The van der Waals surface area contributed by atoms with Crippen molar-refractivity contribution in [3.63, 3.8) is 0 Å². The van der Waals surface area contributed by atoms with E-state index in [9.17, 15) is 4.79 Å². The molecule has 0 aliphatic heterocycles. The van der Waals surface area contributed by atoms with Crippen LogP contribution in [0.3, 0.4) is 0 Å². The summed E-state index contributed by atoms with van der Waals surface area (Å²) in [6, 6.07) is 13.6. The van der Waals surface area contributed by atoms with E-state index in [1.165, 1.54) is 44.9 Å². The normalized spacial score (nSPS) is 10.8. The maximum atomic E-state index is 12.4. The molecule has 174 valence electrons. The van der Waals surface area contributed by atoms with Crippen LogP contribution < -0.4 is 4.57 Å². The summed E-state index contributed by atoms with van der Waals surface area (Å²) in [4.78, 5) is 21.1. The molecule has 3 heterocycles. The Morgan fingerprint density at radius 1 is 0.788 bits per heavy atom. The maximum absolute atomic E-state index is 12.4. The minimum Gasteiger partial charge on any atom is -0.462 e. The average molecular weight is 447 g/mol. The third kappa shape index (κ3) is 9.13. The van der Waals surface area contributed by atoms with Crippen molar-refractivity contribution in [3.05, 3.63) is 78.4 Å². The highest BCUT2D eigenvalue weighted by molar-refractivity contribution is 5.90. The van der Waals surface area contributed by atoms with Crippen LogP contribution in [-0.2, 0) is 11.3 Å². The Kier molecular flexibility index (Phi) is 10.5. The van der Waals surface area contributed by atoms with Crippen LogP contribution in [0.1, 0.15) is 73.7 Å². The fourth-order valence-corrected chi connectivity index (χ4v) is 3.84. The molecule has 0 spiro atoms. The second-order valence-corrected chi connectivity index (χ2v) is 8.58. The van der Waals surface area contributed by atoms with Gasteiger partial charge in [-0.3, -0.25) is 9.97 Å². The molecular formula is C28H36N3O2+. The molecule has 0 amide bonds. The first kappa shape index (κ1) is 24.6. The predicted octanol–water partition coefficient (Wildman–Crippen LogP) is 6.11. The molecular weight excluding hydrogens is 410 g/mol. The van der Waals surface area contributed by atoms with Gasteiger partial charge in [-0.15, -0.1) is 0 Å². The molecule has 0 atom stereocenters. The van der Waals surface area contributed by atoms with Gasteiger partial charge in [-0.2, -0.15) is 0 Å². The number of carbonyl (C=O) groups excluding carboxylic acids is 1. The van der Waals surface area contributed by atoms with Crippen molar-refractivity contribution in [1.29, 1.82) is 0 Å². The Morgan fingerprint density at radius 2 is 1.39 bits per heavy atom. The lowest BCUT2D eigenvalue weighted by atomic mass is 10.1. The standard InChI is InChI=1S/C28H36N3O2/c1-24-14-16-29-26(22-24)27-23-25(15-17-30-27)28(32)33-21-13-8-6-4-2-3-5-7-10-18-31-19-11-9-12-20-31/h9,11-12,14-17,19-20,22-23H,2-8,10,13,18,21H2,1H3/q+1. The quantitative estimate of drug-likeness (QED) is 0.170. The molecule has 0 radical (unpaired) electrons. The fraction of sp³-hybridized carbons (Fsp3) is 0.429. The highest BCUT2D eigenvalue weighted by atomic mass is 16.5. The summed E-state index contributed by atoms with van der Waals surface area (Å²) in [6.07, 6.45) is 18.6. The summed E-state index contributed by atoms with van der Waals surface area (Å²) in [5, 5.41) is 0. The first-order valence-electron chi connectivity index (χ1n) is 12.2. The highest BCUT2D eigenvalue weighted by Crippen LogP contribution is 2.17. The summed E-state index contributed by atoms with van der Waals surface area (Å²) in [5.41, 5.74) is 3.08. The first-order valence-corrected chi connectivity index (χ1v) is 12.2. The average Bonchev–Trinajstić information content (AvgIpc) is 2.85. The van der Waals surface area contributed by atoms with Gasteiger partial charge in [0.25, 0.3) is 0 Å². The van der Waals surface area contributed by atoms with Gasteiger partial charge in [-0.05, 0) is 49.6 Å². The van der Waals surface area contributed by atoms with Crippen LogP contribution in [-0.4, -0.2) is 22.5 Å². The molecule has 0 aromatic carbocycles. The largest absolute Gasteiger partial charge is 0.462 e. The minimum atomic E-state index is -0.292. The lowest BCUT2D eigenvalue weighted by molar-refractivity contribution is -0.697. The lowest BCUT2D eigenvalue weighted by Crippen LogP contribution is -2.32. The van der Waals surface area contributed by atoms with E-state index in [2.05, 4.69) is 45.1 Å². The number of hydrogen-bond acceptors (Lipinski definition) is 4. The van der Waals surface area contributed by atoms with Crippen LogP contribution in [0.2, 0.25) is 0 Å². The van der Waals surface area contributed by atoms with Gasteiger partial charge in [0, 0.05) is 30.9 Å². The van der Waals surface area contributed by atoms with Crippen molar-refractivity contribution in [2.75, 3.05) is 6.61 Å². The number of hydrogen-bond donors (Lipinski definition) is 0. The van der Waals surface area contributed by atoms with E-state index in [4.69, 9.17) is 4.74 Å². The van der Waals surface area contributed by atoms with Crippen LogP contribution >= 0.6 is 0 Å². The van der Waals surface area contributed by atoms with Crippen LogP contribution in [0.25, 0.3) is 11.4 Å². The number of carbonyl (C=O) groups is 1. The highest BCUT2D eigenvalue weighted by Gasteiger charge is 2.10. The van der Waals surface area contributed by atoms with E-state index in [0.29, 0.717) is 17.9 Å². The third-order valence-corrected chi connectivity index (χ3v) is 5.74. The Labute approximate surface area is 197 Å². The molecule has 0 aliphatic rings. The van der Waals surface area contributed by atoms with Crippen molar-refractivity contribution in [3.8, 4) is 11.4 Å². The molecule has 33 heavy (non-hydrogen) atoms. The predicted molar refractivity (Wildman–Crippen MR) is 131 cm³/mol. The monoisotopic (exact) mass is 446 g/mol. The van der Waals surface area contributed by atoms with Gasteiger partial charge >= 0.3 is 5.97 Å². The number of unbranched alkanes of at least 4 members (excludes halogenated alkanes) is 8. The Hall–Kier alpha value is -3.08. The van der Waals surface area contributed by atoms with Gasteiger partial charge in [0.1, 0.15) is 6.54 Å². The molecule has 0 N–H and O–H groups in total. The number of esters is 1. The zero-order valence-corrected chi connectivity index (χ0v) is 19.8. The summed E-state index contributed by atoms with van der Waals surface area (Å²) in [5.74, 6) is -0.292. The second-order valence-electron chi connectivity index (χ2n) is 8.58. The van der Waals surface area contributed by atoms with Gasteiger partial charge in [-0.25, -0.2) is 9.36 Å². The number of ether oxygens (including phenoxy) is 1. The number of aryl methyl sites for hydroxylation is 2. The van der Waals surface area contributed by atoms with Crippen molar-refractivity contribution in [1.82, 2.24) is 9.97 Å². The molecule has 0 saturated heterocycles. The number of pyridine rings is 3. The number of rotatable bonds is 14. The molecule has 0 unspecified atom stereocenters. The maximum Gasteiger partial charge on any atom is 0.338 e. The molecule has 3 aromatic heterocycles. The molecule has 3 aromatic rings. The van der Waals surface area contributed by atoms with Gasteiger partial charge < -0.3 is 4.74 Å². The lowest BCUT2D eigenvalue weighted by Gasteiger charge is -2.07. The van der Waals surface area contributed by atoms with Crippen LogP contribution in [0.4, 0.5) is 0 Å². The smallest absolute Gasteiger partial charge is 0.338 e. The first-order chi connectivity index (χ1) is 16.2. The van der Waals surface area contributed by atoms with Gasteiger partial charge in [0.05, 0.1) is 23.6 Å². The molecule has 0 fully saturated rings. The minimum absolute atomic E-state index is 0.292. The SMILES string of the molecule is Cc1ccnc(-c2cc(C(=O)OCCCCCCCCCCC[n+]3ccccc3)ccn2)c1. The van der Waals surface area contributed by atoms with E-state index in [0.717, 1.165) is 30.6 Å². The topological polar surface area (TPSA) is 56.0 Å². The summed E-state index contributed by atoms with van der Waals surface area (Å²) in [7, 11) is 0. The third-order valence-electron chi connectivity index (χ3n) is 5.74. The van der Waals surface area contributed by atoms with Crippen molar-refractivity contribution >= 4 is 5.97 Å². The van der Waals surface area contributed by atoms with Crippen molar-refractivity contribution in [2.24, 2.45) is 0 Å². The van der Waals surface area contributed by atoms with Gasteiger partial charge in [0.2, 0.25) is 0 Å². The van der Waals surface area contributed by atoms with Crippen LogP contribution in [0, 0.1) is 6.92 Å². The molecule has 0 saturated carbocycles. The Balaban J connectivity index is 1.21. The fourth-order valence-electron chi connectivity index (χ4n) is 3.84. The van der Waals surface area contributed by atoms with E-state index in [1.54, 1.807) is 24.5 Å². The Morgan fingerprint density at radius 3 is 2.09 bits per heavy atom. The zero-order chi connectivity index (χ0) is 23.1. The van der Waals surface area contributed by atoms with Gasteiger partial charge in [-0.1, -0.05) is 44.6 Å². The van der Waals surface area contributed by atoms with Crippen LogP contribution in [0.5, 0.6) is 0 Å². The molecule has 0 aliphatic carbocycles. The Bertz CT molecular complexity index is 976. The second kappa shape index (κ2) is 14.1. The van der Waals surface area contributed by atoms with Crippen molar-refractivity contribution < 1.29 is 14.1 Å². The molecule has 3 rings (SSSR count). The summed E-state index contributed by atoms with van der Waals surface area (Å²) >= 11 is 0. The van der Waals surface area contributed by atoms with Crippen LogP contribution in [0.15, 0.2) is 67.3 Å². The summed E-state index contributed by atoms with van der Waals surface area (Å²) < 4.78 is 7.71. The van der Waals surface area contributed by atoms with E-state index < -0.39 is 0 Å².